The summed E-state index contributed by atoms with van der Waals surface area (Å²) in [7, 11) is -4.08. The normalized spacial score (nSPS) is 11.7. The number of carbonyl (C=O) groups excluding carboxylic acids is 1. The third-order valence-electron chi connectivity index (χ3n) is 4.64. The van der Waals surface area contributed by atoms with Gasteiger partial charge in [-0.2, -0.15) is 9.41 Å². The molecule has 1 amide bonds. The number of nitro benzene ring substituents is 1. The standard InChI is InChI=1S/C22H17BrCl2N4O5S/c23-17-4-9-20(10-5-17)35(33,34)28(13-16-3-6-18(24)11-21(16)25)14-22(30)27-26-12-15-1-7-19(8-2-15)29(31)32/h1-12H,13-14H2,(H,27,30)/b26-12+. The Kier molecular flexibility index (Phi) is 8.98. The maximum absolute atomic E-state index is 13.3. The molecule has 0 aliphatic rings. The van der Waals surface area contributed by atoms with Crippen molar-refractivity contribution in [3.05, 3.63) is 102 Å². The molecule has 0 spiro atoms. The Hall–Kier alpha value is -2.83. The minimum absolute atomic E-state index is 0.00651. The fourth-order valence-electron chi connectivity index (χ4n) is 2.88. The lowest BCUT2D eigenvalue weighted by Gasteiger charge is -2.22. The van der Waals surface area contributed by atoms with Crippen molar-refractivity contribution in [2.24, 2.45) is 5.10 Å². The zero-order chi connectivity index (χ0) is 25.6. The van der Waals surface area contributed by atoms with Crippen molar-refractivity contribution in [2.75, 3.05) is 6.54 Å². The van der Waals surface area contributed by atoms with E-state index in [9.17, 15) is 23.3 Å². The second kappa shape index (κ2) is 11.7. The van der Waals surface area contributed by atoms with Gasteiger partial charge in [0.2, 0.25) is 10.0 Å². The van der Waals surface area contributed by atoms with Crippen molar-refractivity contribution in [3.8, 4) is 0 Å². The summed E-state index contributed by atoms with van der Waals surface area (Å²) >= 11 is 15.4. The number of sulfonamides is 1. The predicted octanol–water partition coefficient (Wildman–Crippen LogP) is 5.01. The first-order chi connectivity index (χ1) is 16.6. The quantitative estimate of drug-likeness (QED) is 0.211. The number of nitrogens with one attached hydrogen (secondary N) is 1. The molecule has 0 saturated carbocycles. The molecule has 0 aliphatic carbocycles. The van der Waals surface area contributed by atoms with E-state index in [1.54, 1.807) is 24.3 Å². The summed E-state index contributed by atoms with van der Waals surface area (Å²) in [6, 6.07) is 16.1. The minimum atomic E-state index is -4.08. The molecule has 0 fully saturated rings. The Balaban J connectivity index is 1.79. The highest BCUT2D eigenvalue weighted by molar-refractivity contribution is 9.10. The highest BCUT2D eigenvalue weighted by atomic mass is 79.9. The summed E-state index contributed by atoms with van der Waals surface area (Å²) in [5.74, 6) is -0.700. The maximum Gasteiger partial charge on any atom is 0.269 e. The van der Waals surface area contributed by atoms with E-state index in [0.29, 0.717) is 20.6 Å². The number of non-ortho nitro benzene ring substituents is 1. The van der Waals surface area contributed by atoms with Gasteiger partial charge >= 0.3 is 0 Å². The van der Waals surface area contributed by atoms with Crippen molar-refractivity contribution in [1.82, 2.24) is 9.73 Å². The Morgan fingerprint density at radius 1 is 1.09 bits per heavy atom. The van der Waals surface area contributed by atoms with Crippen LogP contribution in [0.1, 0.15) is 11.1 Å². The number of rotatable bonds is 9. The second-order valence-corrected chi connectivity index (χ2v) is 10.8. The van der Waals surface area contributed by atoms with Crippen molar-refractivity contribution in [2.45, 2.75) is 11.4 Å². The van der Waals surface area contributed by atoms with Crippen LogP contribution in [0.2, 0.25) is 10.0 Å². The van der Waals surface area contributed by atoms with Crippen LogP contribution in [0.15, 0.2) is 81.2 Å². The summed E-state index contributed by atoms with van der Waals surface area (Å²) < 4.78 is 28.3. The summed E-state index contributed by atoms with van der Waals surface area (Å²) in [5, 5.41) is 15.2. The van der Waals surface area contributed by atoms with E-state index in [1.165, 1.54) is 48.7 Å². The van der Waals surface area contributed by atoms with Crippen molar-refractivity contribution < 1.29 is 18.1 Å². The van der Waals surface area contributed by atoms with Crippen LogP contribution < -0.4 is 5.43 Å². The number of halogens is 3. The molecule has 0 radical (unpaired) electrons. The lowest BCUT2D eigenvalue weighted by molar-refractivity contribution is -0.384. The third kappa shape index (κ3) is 7.33. The highest BCUT2D eigenvalue weighted by Gasteiger charge is 2.27. The van der Waals surface area contributed by atoms with Gasteiger partial charge in [-0.05, 0) is 59.7 Å². The molecule has 35 heavy (non-hydrogen) atoms. The molecule has 3 rings (SSSR count). The van der Waals surface area contributed by atoms with Gasteiger partial charge in [0.05, 0.1) is 22.6 Å². The van der Waals surface area contributed by atoms with Crippen molar-refractivity contribution in [1.29, 1.82) is 0 Å². The molecule has 0 saturated heterocycles. The second-order valence-electron chi connectivity index (χ2n) is 7.10. The van der Waals surface area contributed by atoms with E-state index < -0.39 is 27.4 Å². The SMILES string of the molecule is O=C(CN(Cc1ccc(Cl)cc1Cl)S(=O)(=O)c1ccc(Br)cc1)N/N=C/c1ccc([N+](=O)[O-])cc1. The minimum Gasteiger partial charge on any atom is -0.272 e. The van der Waals surface area contributed by atoms with Crippen LogP contribution in [0.5, 0.6) is 0 Å². The number of hydrazone groups is 1. The van der Waals surface area contributed by atoms with Crippen LogP contribution in [0.3, 0.4) is 0 Å². The molecule has 3 aromatic carbocycles. The van der Waals surface area contributed by atoms with Gasteiger partial charge in [-0.25, -0.2) is 13.8 Å². The molecule has 0 heterocycles. The van der Waals surface area contributed by atoms with E-state index in [0.717, 1.165) is 4.31 Å². The van der Waals surface area contributed by atoms with Gasteiger partial charge in [-0.1, -0.05) is 45.2 Å². The van der Waals surface area contributed by atoms with E-state index in [4.69, 9.17) is 23.2 Å². The monoisotopic (exact) mass is 598 g/mol. The number of hydrogen-bond acceptors (Lipinski definition) is 6. The molecule has 1 N–H and O–H groups in total. The Labute approximate surface area is 219 Å². The predicted molar refractivity (Wildman–Crippen MR) is 137 cm³/mol. The highest BCUT2D eigenvalue weighted by Crippen LogP contribution is 2.25. The zero-order valence-corrected chi connectivity index (χ0v) is 21.7. The molecule has 182 valence electrons. The molecular formula is C22H17BrCl2N4O5S. The van der Waals surface area contributed by atoms with Crippen LogP contribution in [-0.4, -0.2) is 36.3 Å². The first-order valence-electron chi connectivity index (χ1n) is 9.82. The maximum atomic E-state index is 13.3. The first kappa shape index (κ1) is 26.8. The third-order valence-corrected chi connectivity index (χ3v) is 7.56. The molecular weight excluding hydrogens is 583 g/mol. The van der Waals surface area contributed by atoms with Gasteiger partial charge in [0.15, 0.2) is 0 Å². The summed E-state index contributed by atoms with van der Waals surface area (Å²) in [6.07, 6.45) is 1.28. The summed E-state index contributed by atoms with van der Waals surface area (Å²) in [5.41, 5.74) is 3.15. The zero-order valence-electron chi connectivity index (χ0n) is 17.8. The number of hydrogen-bond donors (Lipinski definition) is 1. The fraction of sp³-hybridized carbons (Fsp3) is 0.0909. The number of carbonyl (C=O) groups is 1. The van der Waals surface area contributed by atoms with Gasteiger partial charge in [0, 0.05) is 33.2 Å². The van der Waals surface area contributed by atoms with Crippen LogP contribution in [-0.2, 0) is 21.4 Å². The molecule has 0 aromatic heterocycles. The smallest absolute Gasteiger partial charge is 0.269 e. The van der Waals surface area contributed by atoms with E-state index in [2.05, 4.69) is 26.5 Å². The van der Waals surface area contributed by atoms with Crippen LogP contribution in [0.25, 0.3) is 0 Å². The van der Waals surface area contributed by atoms with E-state index in [1.807, 2.05) is 0 Å². The Morgan fingerprint density at radius 3 is 2.34 bits per heavy atom. The number of benzene rings is 3. The fourth-order valence-corrected chi connectivity index (χ4v) is 4.98. The van der Waals surface area contributed by atoms with Gasteiger partial charge in [-0.3, -0.25) is 14.9 Å². The first-order valence-corrected chi connectivity index (χ1v) is 12.8. The lowest BCUT2D eigenvalue weighted by atomic mass is 10.2. The van der Waals surface area contributed by atoms with Gasteiger partial charge < -0.3 is 0 Å². The van der Waals surface area contributed by atoms with Gasteiger partial charge in [-0.15, -0.1) is 0 Å². The molecule has 3 aromatic rings. The van der Waals surface area contributed by atoms with Gasteiger partial charge in [0.1, 0.15) is 0 Å². The van der Waals surface area contributed by atoms with Crippen molar-refractivity contribution in [3.63, 3.8) is 0 Å². The van der Waals surface area contributed by atoms with Crippen LogP contribution in [0, 0.1) is 10.1 Å². The topological polar surface area (TPSA) is 122 Å². The molecule has 0 aliphatic heterocycles. The largest absolute Gasteiger partial charge is 0.272 e. The number of nitro groups is 1. The van der Waals surface area contributed by atoms with E-state index in [-0.39, 0.29) is 22.2 Å². The molecule has 0 unspecified atom stereocenters. The summed E-state index contributed by atoms with van der Waals surface area (Å²) in [6.45, 7) is -0.733. The van der Waals surface area contributed by atoms with E-state index >= 15 is 0 Å². The molecule has 0 bridgehead atoms. The van der Waals surface area contributed by atoms with Crippen LogP contribution in [0.4, 0.5) is 5.69 Å². The molecule has 9 nitrogen and oxygen atoms in total. The average Bonchev–Trinajstić information content (AvgIpc) is 2.81. The number of nitrogens with zero attached hydrogens (tertiary/aromatic N) is 3. The van der Waals surface area contributed by atoms with Crippen molar-refractivity contribution >= 4 is 67.0 Å². The number of amides is 1. The summed E-state index contributed by atoms with van der Waals surface area (Å²) in [4.78, 5) is 22.8. The van der Waals surface area contributed by atoms with Crippen LogP contribution >= 0.6 is 39.1 Å². The average molecular weight is 600 g/mol. The molecule has 13 heteroatoms. The van der Waals surface area contributed by atoms with Gasteiger partial charge in [0.25, 0.3) is 11.6 Å². The molecule has 0 atom stereocenters. The Bertz CT molecular complexity index is 1370. The lowest BCUT2D eigenvalue weighted by Crippen LogP contribution is -2.39. The Morgan fingerprint density at radius 2 is 1.74 bits per heavy atom.